The third-order valence-electron chi connectivity index (χ3n) is 7.37. The Labute approximate surface area is 223 Å². The van der Waals surface area contributed by atoms with Crippen molar-refractivity contribution in [1.29, 1.82) is 0 Å². The van der Waals surface area contributed by atoms with E-state index in [2.05, 4.69) is 43.7 Å². The van der Waals surface area contributed by atoms with Crippen molar-refractivity contribution >= 4 is 47.2 Å². The van der Waals surface area contributed by atoms with Crippen LogP contribution in [-0.4, -0.2) is 53.5 Å². The first kappa shape index (κ1) is 26.1. The first-order valence-corrected chi connectivity index (χ1v) is 15.9. The summed E-state index contributed by atoms with van der Waals surface area (Å²) in [7, 11) is -2.52. The first-order chi connectivity index (χ1) is 17.7. The zero-order valence-electron chi connectivity index (χ0n) is 21.6. The van der Waals surface area contributed by atoms with Gasteiger partial charge in [-0.1, -0.05) is 29.3 Å². The van der Waals surface area contributed by atoms with E-state index in [0.717, 1.165) is 54.5 Å². The van der Waals surface area contributed by atoms with Crippen molar-refractivity contribution in [1.82, 2.24) is 14.9 Å². The van der Waals surface area contributed by atoms with E-state index in [0.29, 0.717) is 35.8 Å². The Morgan fingerprint density at radius 1 is 1.05 bits per heavy atom. The van der Waals surface area contributed by atoms with Gasteiger partial charge in [-0.05, 0) is 87.7 Å². The van der Waals surface area contributed by atoms with Crippen molar-refractivity contribution < 1.29 is 8.96 Å². The molecule has 0 amide bonds. The van der Waals surface area contributed by atoms with E-state index in [1.807, 2.05) is 25.1 Å². The van der Waals surface area contributed by atoms with E-state index in [1.54, 1.807) is 19.5 Å². The summed E-state index contributed by atoms with van der Waals surface area (Å²) in [5, 5.41) is 7.73. The number of likely N-dealkylation sites (tertiary alicyclic amines) is 1. The van der Waals surface area contributed by atoms with Crippen molar-refractivity contribution in [2.45, 2.75) is 51.2 Å². The minimum absolute atomic E-state index is 0.379. The van der Waals surface area contributed by atoms with Gasteiger partial charge in [0.25, 0.3) is 0 Å². The summed E-state index contributed by atoms with van der Waals surface area (Å²) in [6, 6.07) is 12.7. The standard InChI is InChI=1S/C28H34ClFN5OP/c1-18-4-11-25(26(14-18)37(2,3)36)33-27-24(29)16-31-28(34-27)32-22-8-5-19-6-9-23(10-7-20(19)15-22)35-13-12-21(30)17-35/h4-5,8,11,14-16,21,23H,6-7,9-10,12-13,17H2,1-3H3,(H2,31,32,33,34)/t21-,23?/m0/s1. The number of benzene rings is 2. The van der Waals surface area contributed by atoms with Gasteiger partial charge in [0.1, 0.15) is 18.3 Å². The molecular weight excluding hydrogens is 508 g/mol. The lowest BCUT2D eigenvalue weighted by Crippen LogP contribution is -2.33. The van der Waals surface area contributed by atoms with Crippen molar-refractivity contribution in [3.05, 3.63) is 64.3 Å². The molecule has 6 nitrogen and oxygen atoms in total. The lowest BCUT2D eigenvalue weighted by molar-refractivity contribution is 0.204. The van der Waals surface area contributed by atoms with E-state index >= 15 is 0 Å². The van der Waals surface area contributed by atoms with E-state index < -0.39 is 13.3 Å². The number of anilines is 4. The molecule has 9 heteroatoms. The van der Waals surface area contributed by atoms with Crippen LogP contribution in [0.25, 0.3) is 0 Å². The van der Waals surface area contributed by atoms with Crippen LogP contribution in [-0.2, 0) is 17.4 Å². The first-order valence-electron chi connectivity index (χ1n) is 12.9. The average molecular weight is 542 g/mol. The maximum absolute atomic E-state index is 13.7. The topological polar surface area (TPSA) is 70.2 Å². The molecule has 1 fully saturated rings. The highest BCUT2D eigenvalue weighted by atomic mass is 35.5. The normalized spacial score (nSPS) is 20.4. The quantitative estimate of drug-likeness (QED) is 0.275. The molecule has 2 aliphatic rings. The summed E-state index contributed by atoms with van der Waals surface area (Å²) >= 11 is 6.42. The zero-order valence-corrected chi connectivity index (χ0v) is 23.2. The number of fused-ring (bicyclic) bond motifs is 1. The Morgan fingerprint density at radius 2 is 1.84 bits per heavy atom. The molecule has 3 aromatic rings. The fraction of sp³-hybridized carbons (Fsp3) is 0.429. The van der Waals surface area contributed by atoms with E-state index in [-0.39, 0.29) is 0 Å². The molecule has 1 aliphatic carbocycles. The second-order valence-electron chi connectivity index (χ2n) is 10.6. The van der Waals surface area contributed by atoms with Crippen molar-refractivity contribution in [2.24, 2.45) is 0 Å². The van der Waals surface area contributed by atoms with Crippen LogP contribution < -0.4 is 15.9 Å². The summed E-state index contributed by atoms with van der Waals surface area (Å²) in [6.07, 6.45) is 5.66. The van der Waals surface area contributed by atoms with Crippen LogP contribution >= 0.6 is 18.7 Å². The molecule has 1 unspecified atom stereocenters. The highest BCUT2D eigenvalue weighted by molar-refractivity contribution is 7.70. The molecule has 0 radical (unpaired) electrons. The summed E-state index contributed by atoms with van der Waals surface area (Å²) in [5.41, 5.74) is 5.36. The summed E-state index contributed by atoms with van der Waals surface area (Å²) in [6.45, 7) is 6.94. The minimum atomic E-state index is -2.52. The molecule has 2 heterocycles. The maximum atomic E-state index is 13.7. The van der Waals surface area contributed by atoms with Crippen LogP contribution in [0.4, 0.5) is 27.5 Å². The van der Waals surface area contributed by atoms with E-state index in [1.165, 1.54) is 11.1 Å². The van der Waals surface area contributed by atoms with Gasteiger partial charge in [-0.15, -0.1) is 0 Å². The Kier molecular flexibility index (Phi) is 7.58. The predicted octanol–water partition coefficient (Wildman–Crippen LogP) is 6.46. The molecule has 2 aromatic carbocycles. The van der Waals surface area contributed by atoms with Gasteiger partial charge in [-0.2, -0.15) is 4.98 Å². The number of halogens is 2. The van der Waals surface area contributed by atoms with Crippen LogP contribution in [0.1, 0.15) is 36.0 Å². The molecule has 2 atom stereocenters. The van der Waals surface area contributed by atoms with Crippen LogP contribution in [0, 0.1) is 6.92 Å². The average Bonchev–Trinajstić information content (AvgIpc) is 3.17. The number of rotatable bonds is 6. The van der Waals surface area contributed by atoms with Gasteiger partial charge in [0.15, 0.2) is 5.82 Å². The van der Waals surface area contributed by atoms with Gasteiger partial charge < -0.3 is 15.2 Å². The van der Waals surface area contributed by atoms with Crippen molar-refractivity contribution in [3.8, 4) is 0 Å². The van der Waals surface area contributed by atoms with E-state index in [4.69, 9.17) is 11.6 Å². The second-order valence-corrected chi connectivity index (χ2v) is 14.2. The van der Waals surface area contributed by atoms with Crippen LogP contribution in [0.5, 0.6) is 0 Å². The van der Waals surface area contributed by atoms with Gasteiger partial charge >= 0.3 is 0 Å². The second kappa shape index (κ2) is 10.7. The van der Waals surface area contributed by atoms with E-state index in [9.17, 15) is 8.96 Å². The zero-order chi connectivity index (χ0) is 26.2. The molecule has 1 aromatic heterocycles. The van der Waals surface area contributed by atoms with Gasteiger partial charge in [0.2, 0.25) is 5.95 Å². The maximum Gasteiger partial charge on any atom is 0.229 e. The fourth-order valence-corrected chi connectivity index (χ4v) is 6.74. The monoisotopic (exact) mass is 541 g/mol. The van der Waals surface area contributed by atoms with Crippen LogP contribution in [0.2, 0.25) is 5.02 Å². The highest BCUT2D eigenvalue weighted by Crippen LogP contribution is 2.39. The number of alkyl halides is 1. The molecule has 0 saturated carbocycles. The number of aromatic nitrogens is 2. The van der Waals surface area contributed by atoms with Gasteiger partial charge in [0.05, 0.1) is 11.9 Å². The Bertz CT molecular complexity index is 1350. The Hall–Kier alpha value is -2.47. The van der Waals surface area contributed by atoms with Crippen LogP contribution in [0.3, 0.4) is 0 Å². The van der Waals surface area contributed by atoms with Crippen molar-refractivity contribution in [3.63, 3.8) is 0 Å². The molecule has 0 bridgehead atoms. The molecule has 1 saturated heterocycles. The SMILES string of the molecule is Cc1ccc(Nc2nc(Nc3ccc4c(c3)CCC(N3CC[C@H](F)C3)CC4)ncc2Cl)c(P(C)(C)=O)c1. The molecule has 37 heavy (non-hydrogen) atoms. The predicted molar refractivity (Wildman–Crippen MR) is 152 cm³/mol. The van der Waals surface area contributed by atoms with Gasteiger partial charge in [-0.25, -0.2) is 9.37 Å². The molecule has 5 rings (SSSR count). The number of hydrogen-bond acceptors (Lipinski definition) is 6. The number of nitrogens with zero attached hydrogens (tertiary/aromatic N) is 3. The lowest BCUT2D eigenvalue weighted by Gasteiger charge is -2.25. The number of hydrogen-bond donors (Lipinski definition) is 2. The third-order valence-corrected chi connectivity index (χ3v) is 9.17. The number of aryl methyl sites for hydroxylation is 3. The summed E-state index contributed by atoms with van der Waals surface area (Å²) in [5.74, 6) is 0.876. The summed E-state index contributed by atoms with van der Waals surface area (Å²) in [4.78, 5) is 11.3. The molecular formula is C28H34ClFN5OP. The molecule has 196 valence electrons. The molecule has 0 spiro atoms. The molecule has 2 N–H and O–H groups in total. The Morgan fingerprint density at radius 3 is 2.57 bits per heavy atom. The Balaban J connectivity index is 1.32. The third kappa shape index (κ3) is 6.17. The lowest BCUT2D eigenvalue weighted by atomic mass is 10.0. The van der Waals surface area contributed by atoms with Gasteiger partial charge in [-0.3, -0.25) is 4.90 Å². The molecule has 1 aliphatic heterocycles. The smallest absolute Gasteiger partial charge is 0.229 e. The largest absolute Gasteiger partial charge is 0.338 e. The van der Waals surface area contributed by atoms with Crippen molar-refractivity contribution in [2.75, 3.05) is 37.1 Å². The fourth-order valence-electron chi connectivity index (χ4n) is 5.37. The van der Waals surface area contributed by atoms with Crippen LogP contribution in [0.15, 0.2) is 42.6 Å². The number of nitrogens with one attached hydrogen (secondary N) is 2. The van der Waals surface area contributed by atoms with Gasteiger partial charge in [0, 0.05) is 30.1 Å². The highest BCUT2D eigenvalue weighted by Gasteiger charge is 2.29. The minimum Gasteiger partial charge on any atom is -0.338 e. The summed E-state index contributed by atoms with van der Waals surface area (Å²) < 4.78 is 26.6.